The van der Waals surface area contributed by atoms with Crippen LogP contribution in [-0.4, -0.2) is 8.42 Å². The van der Waals surface area contributed by atoms with Gasteiger partial charge in [-0.25, -0.2) is 17.5 Å². The first kappa shape index (κ1) is 15.2. The van der Waals surface area contributed by atoms with E-state index in [2.05, 4.69) is 4.72 Å². The number of halogens is 1. The molecule has 0 fully saturated rings. The molecule has 0 radical (unpaired) electrons. The van der Waals surface area contributed by atoms with Crippen molar-refractivity contribution in [3.8, 4) is 6.07 Å². The predicted octanol–water partition coefficient (Wildman–Crippen LogP) is 2.48. The third kappa shape index (κ3) is 3.66. The Balaban J connectivity index is 2.17. The zero-order chi connectivity index (χ0) is 15.5. The number of nitrogens with zero attached hydrogens (tertiary/aromatic N) is 1. The van der Waals surface area contributed by atoms with Gasteiger partial charge in [0.15, 0.2) is 0 Å². The van der Waals surface area contributed by atoms with Crippen LogP contribution in [-0.2, 0) is 16.6 Å². The summed E-state index contributed by atoms with van der Waals surface area (Å²) in [4.78, 5) is 0.00846. The zero-order valence-electron chi connectivity index (χ0n) is 11.3. The van der Waals surface area contributed by atoms with E-state index in [1.807, 2.05) is 6.07 Å². The number of hydrogen-bond donors (Lipinski definition) is 1. The van der Waals surface area contributed by atoms with Gasteiger partial charge in [0.25, 0.3) is 0 Å². The van der Waals surface area contributed by atoms with Crippen molar-refractivity contribution in [3.63, 3.8) is 0 Å². The molecule has 4 nitrogen and oxygen atoms in total. The van der Waals surface area contributed by atoms with Crippen molar-refractivity contribution >= 4 is 10.0 Å². The van der Waals surface area contributed by atoms with E-state index in [1.54, 1.807) is 19.1 Å². The van der Waals surface area contributed by atoms with E-state index >= 15 is 0 Å². The third-order valence-corrected chi connectivity index (χ3v) is 4.37. The van der Waals surface area contributed by atoms with Gasteiger partial charge in [-0.2, -0.15) is 5.26 Å². The summed E-state index contributed by atoms with van der Waals surface area (Å²) in [5.41, 5.74) is 1.29. The number of sulfonamides is 1. The maximum Gasteiger partial charge on any atom is 0.240 e. The minimum atomic E-state index is -3.74. The van der Waals surface area contributed by atoms with Gasteiger partial charge in [-0.1, -0.05) is 18.2 Å². The highest BCUT2D eigenvalue weighted by Crippen LogP contribution is 2.13. The second-order valence-electron chi connectivity index (χ2n) is 4.55. The standard InChI is InChI=1S/C15H13FN2O2S/c1-11-5-6-13(8-15(11)16)10-18-21(19,20)14-4-2-3-12(7-14)9-17/h2-8,18H,10H2,1H3. The fourth-order valence-corrected chi connectivity index (χ4v) is 2.80. The van der Waals surface area contributed by atoms with E-state index in [-0.39, 0.29) is 22.8 Å². The van der Waals surface area contributed by atoms with Gasteiger partial charge in [0, 0.05) is 6.54 Å². The lowest BCUT2D eigenvalue weighted by Crippen LogP contribution is -2.23. The average molecular weight is 304 g/mol. The van der Waals surface area contributed by atoms with Crippen molar-refractivity contribution in [2.45, 2.75) is 18.4 Å². The molecule has 2 aromatic carbocycles. The molecule has 2 rings (SSSR count). The molecule has 0 saturated heterocycles. The molecule has 2 aromatic rings. The van der Waals surface area contributed by atoms with Crippen LogP contribution in [0.3, 0.4) is 0 Å². The van der Waals surface area contributed by atoms with Crippen LogP contribution in [0.2, 0.25) is 0 Å². The van der Waals surface area contributed by atoms with Gasteiger partial charge < -0.3 is 0 Å². The van der Waals surface area contributed by atoms with Gasteiger partial charge in [-0.05, 0) is 42.3 Å². The van der Waals surface area contributed by atoms with Gasteiger partial charge in [0.05, 0.1) is 16.5 Å². The summed E-state index contributed by atoms with van der Waals surface area (Å²) in [6.45, 7) is 1.62. The third-order valence-electron chi connectivity index (χ3n) is 2.98. The normalized spacial score (nSPS) is 11.1. The van der Waals surface area contributed by atoms with Crippen LogP contribution >= 0.6 is 0 Å². The highest BCUT2D eigenvalue weighted by Gasteiger charge is 2.14. The fraction of sp³-hybridized carbons (Fsp3) is 0.133. The molecular weight excluding hydrogens is 291 g/mol. The van der Waals surface area contributed by atoms with Crippen molar-refractivity contribution in [1.82, 2.24) is 4.72 Å². The van der Waals surface area contributed by atoms with Crippen molar-refractivity contribution < 1.29 is 12.8 Å². The van der Waals surface area contributed by atoms with Gasteiger partial charge in [-0.3, -0.25) is 0 Å². The van der Waals surface area contributed by atoms with Crippen molar-refractivity contribution in [1.29, 1.82) is 5.26 Å². The van der Waals surface area contributed by atoms with Crippen molar-refractivity contribution in [2.75, 3.05) is 0 Å². The minimum Gasteiger partial charge on any atom is -0.207 e. The molecule has 0 aliphatic heterocycles. The smallest absolute Gasteiger partial charge is 0.207 e. The van der Waals surface area contributed by atoms with Crippen molar-refractivity contribution in [2.24, 2.45) is 0 Å². The first-order chi connectivity index (χ1) is 9.92. The van der Waals surface area contributed by atoms with Crippen LogP contribution in [0.1, 0.15) is 16.7 Å². The van der Waals surface area contributed by atoms with E-state index in [9.17, 15) is 12.8 Å². The molecule has 108 valence electrons. The first-order valence-electron chi connectivity index (χ1n) is 6.17. The molecular formula is C15H13FN2O2S. The molecule has 21 heavy (non-hydrogen) atoms. The van der Waals surface area contributed by atoms with Crippen LogP contribution < -0.4 is 4.72 Å². The largest absolute Gasteiger partial charge is 0.240 e. The summed E-state index contributed by atoms with van der Waals surface area (Å²) in [5.74, 6) is -0.377. The summed E-state index contributed by atoms with van der Waals surface area (Å²) in [5, 5.41) is 8.79. The summed E-state index contributed by atoms with van der Waals surface area (Å²) < 4.78 is 40.0. The molecule has 0 bridgehead atoms. The van der Waals surface area contributed by atoms with Crippen LogP contribution in [0.15, 0.2) is 47.4 Å². The van der Waals surface area contributed by atoms with Crippen LogP contribution in [0.25, 0.3) is 0 Å². The second kappa shape index (κ2) is 6.04. The van der Waals surface area contributed by atoms with Crippen LogP contribution in [0.5, 0.6) is 0 Å². The Bertz CT molecular complexity index is 811. The molecule has 0 aliphatic carbocycles. The summed E-state index contributed by atoms with van der Waals surface area (Å²) in [6, 6.07) is 12.1. The number of benzene rings is 2. The van der Waals surface area contributed by atoms with Gasteiger partial charge in [0.1, 0.15) is 5.82 Å². The quantitative estimate of drug-likeness (QED) is 0.943. The van der Waals surface area contributed by atoms with Gasteiger partial charge in [-0.15, -0.1) is 0 Å². The highest BCUT2D eigenvalue weighted by atomic mass is 32.2. The monoisotopic (exact) mass is 304 g/mol. The summed E-state index contributed by atoms with van der Waals surface area (Å²) >= 11 is 0. The summed E-state index contributed by atoms with van der Waals surface area (Å²) in [7, 11) is -3.74. The molecule has 6 heteroatoms. The van der Waals surface area contributed by atoms with E-state index in [1.165, 1.54) is 30.3 Å². The lowest BCUT2D eigenvalue weighted by molar-refractivity contribution is 0.580. The molecule has 0 saturated carbocycles. The Morgan fingerprint density at radius 1 is 1.24 bits per heavy atom. The molecule has 0 atom stereocenters. The zero-order valence-corrected chi connectivity index (χ0v) is 12.1. The predicted molar refractivity (Wildman–Crippen MR) is 76.3 cm³/mol. The van der Waals surface area contributed by atoms with Gasteiger partial charge in [0.2, 0.25) is 10.0 Å². The fourth-order valence-electron chi connectivity index (χ4n) is 1.74. The lowest BCUT2D eigenvalue weighted by atomic mass is 10.1. The number of rotatable bonds is 4. The molecule has 0 spiro atoms. The number of nitrogens with one attached hydrogen (secondary N) is 1. The Morgan fingerprint density at radius 2 is 2.00 bits per heavy atom. The van der Waals surface area contributed by atoms with Gasteiger partial charge >= 0.3 is 0 Å². The molecule has 0 amide bonds. The molecule has 0 unspecified atom stereocenters. The maximum atomic E-state index is 13.4. The molecule has 1 N–H and O–H groups in total. The molecule has 0 heterocycles. The number of hydrogen-bond acceptors (Lipinski definition) is 3. The minimum absolute atomic E-state index is 0.00846. The Kier molecular flexibility index (Phi) is 4.36. The van der Waals surface area contributed by atoms with Crippen LogP contribution in [0.4, 0.5) is 4.39 Å². The first-order valence-corrected chi connectivity index (χ1v) is 7.65. The Labute approximate surface area is 122 Å². The van der Waals surface area contributed by atoms with E-state index in [0.29, 0.717) is 11.1 Å². The van der Waals surface area contributed by atoms with E-state index < -0.39 is 10.0 Å². The molecule has 0 aliphatic rings. The SMILES string of the molecule is Cc1ccc(CNS(=O)(=O)c2cccc(C#N)c2)cc1F. The van der Waals surface area contributed by atoms with E-state index in [4.69, 9.17) is 5.26 Å². The lowest BCUT2D eigenvalue weighted by Gasteiger charge is -2.08. The van der Waals surface area contributed by atoms with Crippen molar-refractivity contribution in [3.05, 3.63) is 65.0 Å². The average Bonchev–Trinajstić information content (AvgIpc) is 2.48. The second-order valence-corrected chi connectivity index (χ2v) is 6.31. The molecule has 0 aromatic heterocycles. The highest BCUT2D eigenvalue weighted by molar-refractivity contribution is 7.89. The van der Waals surface area contributed by atoms with E-state index in [0.717, 1.165) is 0 Å². The Hall–Kier alpha value is -2.23. The summed E-state index contributed by atoms with van der Waals surface area (Å²) in [6.07, 6.45) is 0. The number of aryl methyl sites for hydroxylation is 1. The maximum absolute atomic E-state index is 13.4. The van der Waals surface area contributed by atoms with Crippen LogP contribution in [0, 0.1) is 24.1 Å². The Morgan fingerprint density at radius 3 is 2.67 bits per heavy atom. The topological polar surface area (TPSA) is 70.0 Å². The number of nitriles is 1.